The highest BCUT2D eigenvalue weighted by atomic mass is 16.3. The van der Waals surface area contributed by atoms with E-state index in [0.29, 0.717) is 25.3 Å². The third-order valence-corrected chi connectivity index (χ3v) is 2.67. The van der Waals surface area contributed by atoms with Crippen molar-refractivity contribution in [2.75, 3.05) is 13.2 Å². The molecule has 0 bridgehead atoms. The molecule has 17 heavy (non-hydrogen) atoms. The second-order valence-electron chi connectivity index (χ2n) is 4.50. The van der Waals surface area contributed by atoms with Gasteiger partial charge in [-0.2, -0.15) is 0 Å². The Morgan fingerprint density at radius 2 is 1.94 bits per heavy atom. The van der Waals surface area contributed by atoms with Gasteiger partial charge in [0.15, 0.2) is 0 Å². The van der Waals surface area contributed by atoms with Crippen LogP contribution in [0.5, 0.6) is 0 Å². The first-order valence-corrected chi connectivity index (χ1v) is 6.10. The lowest BCUT2D eigenvalue weighted by molar-refractivity contribution is -0.120. The standard InChI is InChI=1S/C14H21NO2/c1-11(2)13-6-4-12(5-7-13)10-14(17)15-8-3-9-16/h4-7,11,16H,3,8-10H2,1-2H3,(H,15,17). The summed E-state index contributed by atoms with van der Waals surface area (Å²) in [5.41, 5.74) is 2.31. The maximum atomic E-state index is 11.5. The van der Waals surface area contributed by atoms with Crippen LogP contribution in [0.25, 0.3) is 0 Å². The average molecular weight is 235 g/mol. The van der Waals surface area contributed by atoms with E-state index in [-0.39, 0.29) is 12.5 Å². The minimum Gasteiger partial charge on any atom is -0.396 e. The summed E-state index contributed by atoms with van der Waals surface area (Å²) in [6.45, 7) is 4.95. The Kier molecular flexibility index (Phi) is 5.70. The van der Waals surface area contributed by atoms with Gasteiger partial charge in [0.1, 0.15) is 0 Å². The Hall–Kier alpha value is -1.35. The zero-order chi connectivity index (χ0) is 12.7. The van der Waals surface area contributed by atoms with Crippen LogP contribution in [0.1, 0.15) is 37.3 Å². The number of aliphatic hydroxyl groups excluding tert-OH is 1. The van der Waals surface area contributed by atoms with Gasteiger partial charge in [0.2, 0.25) is 5.91 Å². The molecule has 0 saturated heterocycles. The molecule has 1 rings (SSSR count). The van der Waals surface area contributed by atoms with Crippen LogP contribution in [0.15, 0.2) is 24.3 Å². The molecular weight excluding hydrogens is 214 g/mol. The Labute approximate surface area is 103 Å². The molecular formula is C14H21NO2. The third-order valence-electron chi connectivity index (χ3n) is 2.67. The molecule has 94 valence electrons. The molecule has 3 nitrogen and oxygen atoms in total. The van der Waals surface area contributed by atoms with Crippen LogP contribution in [-0.4, -0.2) is 24.2 Å². The van der Waals surface area contributed by atoms with Gasteiger partial charge in [0, 0.05) is 13.2 Å². The van der Waals surface area contributed by atoms with E-state index < -0.39 is 0 Å². The minimum atomic E-state index is 0.00995. The summed E-state index contributed by atoms with van der Waals surface area (Å²) in [5, 5.41) is 11.4. The molecule has 0 fully saturated rings. The van der Waals surface area contributed by atoms with Crippen molar-refractivity contribution in [2.45, 2.75) is 32.6 Å². The molecule has 1 amide bonds. The smallest absolute Gasteiger partial charge is 0.224 e. The summed E-state index contributed by atoms with van der Waals surface area (Å²) in [7, 11) is 0. The molecule has 0 radical (unpaired) electrons. The Morgan fingerprint density at radius 3 is 2.47 bits per heavy atom. The molecule has 3 heteroatoms. The van der Waals surface area contributed by atoms with Crippen LogP contribution in [0.3, 0.4) is 0 Å². The van der Waals surface area contributed by atoms with E-state index in [0.717, 1.165) is 5.56 Å². The number of aliphatic hydroxyl groups is 1. The molecule has 0 aliphatic rings. The second-order valence-corrected chi connectivity index (χ2v) is 4.50. The van der Waals surface area contributed by atoms with Crippen LogP contribution in [0.4, 0.5) is 0 Å². The van der Waals surface area contributed by atoms with Crippen molar-refractivity contribution in [3.05, 3.63) is 35.4 Å². The van der Waals surface area contributed by atoms with Crippen LogP contribution < -0.4 is 5.32 Å². The quantitative estimate of drug-likeness (QED) is 0.739. The van der Waals surface area contributed by atoms with Gasteiger partial charge in [-0.3, -0.25) is 4.79 Å². The van der Waals surface area contributed by atoms with Crippen molar-refractivity contribution in [2.24, 2.45) is 0 Å². The highest BCUT2D eigenvalue weighted by molar-refractivity contribution is 5.78. The van der Waals surface area contributed by atoms with Crippen molar-refractivity contribution in [3.8, 4) is 0 Å². The van der Waals surface area contributed by atoms with Gasteiger partial charge >= 0.3 is 0 Å². The fraction of sp³-hybridized carbons (Fsp3) is 0.500. The molecule has 1 aromatic rings. The Bertz CT molecular complexity index is 344. The maximum absolute atomic E-state index is 11.5. The monoisotopic (exact) mass is 235 g/mol. The number of benzene rings is 1. The fourth-order valence-electron chi connectivity index (χ4n) is 1.58. The molecule has 0 heterocycles. The van der Waals surface area contributed by atoms with Gasteiger partial charge in [-0.05, 0) is 23.5 Å². The number of carbonyl (C=O) groups excluding carboxylic acids is 1. The summed E-state index contributed by atoms with van der Waals surface area (Å²) in [5.74, 6) is 0.526. The first-order chi connectivity index (χ1) is 8.13. The van der Waals surface area contributed by atoms with Gasteiger partial charge in [0.25, 0.3) is 0 Å². The van der Waals surface area contributed by atoms with Crippen LogP contribution in [-0.2, 0) is 11.2 Å². The summed E-state index contributed by atoms with van der Waals surface area (Å²) in [6, 6.07) is 8.14. The normalized spacial score (nSPS) is 10.6. The van der Waals surface area contributed by atoms with E-state index in [1.807, 2.05) is 12.1 Å². The van der Waals surface area contributed by atoms with Crippen LogP contribution >= 0.6 is 0 Å². The molecule has 0 aromatic heterocycles. The number of nitrogens with one attached hydrogen (secondary N) is 1. The number of hydrogen-bond donors (Lipinski definition) is 2. The number of amides is 1. The second kappa shape index (κ2) is 7.07. The van der Waals surface area contributed by atoms with E-state index in [1.54, 1.807) is 0 Å². The van der Waals surface area contributed by atoms with Crippen molar-refractivity contribution in [3.63, 3.8) is 0 Å². The van der Waals surface area contributed by atoms with E-state index in [1.165, 1.54) is 5.56 Å². The van der Waals surface area contributed by atoms with Gasteiger partial charge in [-0.1, -0.05) is 38.1 Å². The number of hydrogen-bond acceptors (Lipinski definition) is 2. The SMILES string of the molecule is CC(C)c1ccc(CC(=O)NCCCO)cc1. The molecule has 0 aliphatic carbocycles. The summed E-state index contributed by atoms with van der Waals surface area (Å²) < 4.78 is 0. The molecule has 1 aromatic carbocycles. The molecule has 0 saturated carbocycles. The number of rotatable bonds is 6. The lowest BCUT2D eigenvalue weighted by Crippen LogP contribution is -2.26. The summed E-state index contributed by atoms with van der Waals surface area (Å²) in [4.78, 5) is 11.5. The van der Waals surface area contributed by atoms with Crippen molar-refractivity contribution < 1.29 is 9.90 Å². The summed E-state index contributed by atoms with van der Waals surface area (Å²) in [6.07, 6.45) is 1.02. The lowest BCUT2D eigenvalue weighted by atomic mass is 10.0. The van der Waals surface area contributed by atoms with Gasteiger partial charge in [0.05, 0.1) is 6.42 Å². The van der Waals surface area contributed by atoms with E-state index in [2.05, 4.69) is 31.3 Å². The highest BCUT2D eigenvalue weighted by Crippen LogP contribution is 2.14. The summed E-state index contributed by atoms with van der Waals surface area (Å²) >= 11 is 0. The van der Waals surface area contributed by atoms with Gasteiger partial charge < -0.3 is 10.4 Å². The first-order valence-electron chi connectivity index (χ1n) is 6.10. The van der Waals surface area contributed by atoms with Crippen molar-refractivity contribution in [1.29, 1.82) is 0 Å². The Balaban J connectivity index is 2.43. The van der Waals surface area contributed by atoms with E-state index >= 15 is 0 Å². The van der Waals surface area contributed by atoms with Crippen LogP contribution in [0.2, 0.25) is 0 Å². The largest absolute Gasteiger partial charge is 0.396 e. The predicted octanol–water partition coefficient (Wildman–Crippen LogP) is 1.85. The Morgan fingerprint density at radius 1 is 1.29 bits per heavy atom. The molecule has 0 atom stereocenters. The zero-order valence-corrected chi connectivity index (χ0v) is 10.6. The first kappa shape index (κ1) is 13.7. The van der Waals surface area contributed by atoms with Gasteiger partial charge in [-0.25, -0.2) is 0 Å². The number of carbonyl (C=O) groups is 1. The van der Waals surface area contributed by atoms with Gasteiger partial charge in [-0.15, -0.1) is 0 Å². The van der Waals surface area contributed by atoms with Crippen LogP contribution in [0, 0.1) is 0 Å². The molecule has 0 unspecified atom stereocenters. The average Bonchev–Trinajstić information content (AvgIpc) is 2.30. The van der Waals surface area contributed by atoms with E-state index in [9.17, 15) is 4.79 Å². The highest BCUT2D eigenvalue weighted by Gasteiger charge is 2.03. The van der Waals surface area contributed by atoms with Crippen molar-refractivity contribution in [1.82, 2.24) is 5.32 Å². The minimum absolute atomic E-state index is 0.00995. The topological polar surface area (TPSA) is 49.3 Å². The molecule has 2 N–H and O–H groups in total. The predicted molar refractivity (Wildman–Crippen MR) is 68.9 cm³/mol. The zero-order valence-electron chi connectivity index (χ0n) is 10.6. The lowest BCUT2D eigenvalue weighted by Gasteiger charge is -2.07. The molecule has 0 spiro atoms. The molecule has 0 aliphatic heterocycles. The third kappa shape index (κ3) is 5.00. The maximum Gasteiger partial charge on any atom is 0.224 e. The van der Waals surface area contributed by atoms with Crippen molar-refractivity contribution >= 4 is 5.91 Å². The van der Waals surface area contributed by atoms with E-state index in [4.69, 9.17) is 5.11 Å². The fourth-order valence-corrected chi connectivity index (χ4v) is 1.58.